The molecule has 0 aromatic rings. The predicted molar refractivity (Wildman–Crippen MR) is 50.6 cm³/mol. The molecule has 0 aromatic carbocycles. The number of hydrogen-bond acceptors (Lipinski definition) is 2. The van der Waals surface area contributed by atoms with Crippen LogP contribution in [0, 0.1) is 5.41 Å². The Morgan fingerprint density at radius 2 is 2.33 bits per heavy atom. The molecule has 2 aliphatic rings. The van der Waals surface area contributed by atoms with E-state index in [0.29, 0.717) is 11.5 Å². The van der Waals surface area contributed by atoms with Crippen molar-refractivity contribution in [2.24, 2.45) is 5.41 Å². The first kappa shape index (κ1) is 8.97. The molecule has 0 bridgehead atoms. The lowest BCUT2D eigenvalue weighted by molar-refractivity contribution is -0.0132. The second-order valence-electron chi connectivity index (χ2n) is 3.95. The highest BCUT2D eigenvalue weighted by molar-refractivity contribution is 9.09. The van der Waals surface area contributed by atoms with Crippen molar-refractivity contribution in [3.63, 3.8) is 0 Å². The number of rotatable bonds is 1. The van der Waals surface area contributed by atoms with Crippen molar-refractivity contribution in [3.05, 3.63) is 0 Å². The summed E-state index contributed by atoms with van der Waals surface area (Å²) in [7, 11) is 0. The Labute approximate surface area is 81.7 Å². The molecule has 2 fully saturated rings. The summed E-state index contributed by atoms with van der Waals surface area (Å²) in [5, 5.41) is 0.967. The molecule has 0 saturated carbocycles. The first-order valence-corrected chi connectivity index (χ1v) is 5.72. The van der Waals surface area contributed by atoms with Gasteiger partial charge in [0, 0.05) is 17.4 Å². The maximum Gasteiger partial charge on any atom is 0.0679 e. The van der Waals surface area contributed by atoms with E-state index in [1.165, 1.54) is 19.3 Å². The molecular weight excluding hydrogens is 220 g/mol. The summed E-state index contributed by atoms with van der Waals surface area (Å²) in [5.74, 6) is 0. The van der Waals surface area contributed by atoms with Gasteiger partial charge in [0.15, 0.2) is 0 Å². The minimum Gasteiger partial charge on any atom is -0.381 e. The summed E-state index contributed by atoms with van der Waals surface area (Å²) >= 11 is 3.46. The first-order valence-electron chi connectivity index (χ1n) is 4.60. The van der Waals surface area contributed by atoms with E-state index in [-0.39, 0.29) is 0 Å². The van der Waals surface area contributed by atoms with Crippen LogP contribution in [-0.4, -0.2) is 31.3 Å². The second kappa shape index (κ2) is 3.64. The van der Waals surface area contributed by atoms with Crippen LogP contribution in [0.15, 0.2) is 0 Å². The maximum absolute atomic E-state index is 5.67. The Balaban J connectivity index is 1.94. The molecule has 0 radical (unpaired) electrons. The number of hydrogen-bond donors (Lipinski definition) is 0. The van der Waals surface area contributed by atoms with Gasteiger partial charge in [0.1, 0.15) is 0 Å². The van der Waals surface area contributed by atoms with Crippen LogP contribution >= 0.6 is 15.9 Å². The fraction of sp³-hybridized carbons (Fsp3) is 1.00. The van der Waals surface area contributed by atoms with Gasteiger partial charge in [0.2, 0.25) is 0 Å². The lowest BCUT2D eigenvalue weighted by Gasteiger charge is -2.31. The van der Waals surface area contributed by atoms with Crippen LogP contribution in [0.25, 0.3) is 0 Å². The van der Waals surface area contributed by atoms with Gasteiger partial charge in [0.25, 0.3) is 0 Å². The Hall–Kier alpha value is 0.400. The quantitative estimate of drug-likeness (QED) is 0.647. The van der Waals surface area contributed by atoms with Crippen LogP contribution in [0.3, 0.4) is 0 Å². The van der Waals surface area contributed by atoms with Crippen LogP contribution in [0.4, 0.5) is 0 Å². The third kappa shape index (κ3) is 1.68. The molecule has 0 unspecified atom stereocenters. The third-order valence-electron chi connectivity index (χ3n) is 2.86. The van der Waals surface area contributed by atoms with Crippen LogP contribution in [0.1, 0.15) is 19.3 Å². The molecule has 2 atom stereocenters. The molecule has 1 spiro atoms. The Morgan fingerprint density at radius 1 is 1.42 bits per heavy atom. The zero-order valence-electron chi connectivity index (χ0n) is 7.22. The number of halogens is 1. The van der Waals surface area contributed by atoms with Crippen LogP contribution < -0.4 is 0 Å². The van der Waals surface area contributed by atoms with Crippen molar-refractivity contribution in [2.45, 2.75) is 25.4 Å². The van der Waals surface area contributed by atoms with Gasteiger partial charge in [-0.25, -0.2) is 0 Å². The molecule has 12 heavy (non-hydrogen) atoms. The zero-order valence-corrected chi connectivity index (χ0v) is 8.81. The predicted octanol–water partition coefficient (Wildman–Crippen LogP) is 1.97. The average Bonchev–Trinajstić information content (AvgIpc) is 2.50. The summed E-state index contributed by atoms with van der Waals surface area (Å²) in [6, 6.07) is 0. The number of alkyl halides is 1. The van der Waals surface area contributed by atoms with E-state index in [4.69, 9.17) is 9.47 Å². The number of ether oxygens (including phenoxy) is 2. The highest BCUT2D eigenvalue weighted by Crippen LogP contribution is 2.39. The van der Waals surface area contributed by atoms with Gasteiger partial charge in [-0.1, -0.05) is 15.9 Å². The van der Waals surface area contributed by atoms with E-state index < -0.39 is 0 Å². The van der Waals surface area contributed by atoms with Gasteiger partial charge in [0.05, 0.1) is 19.3 Å². The van der Waals surface area contributed by atoms with Gasteiger partial charge in [-0.15, -0.1) is 0 Å². The lowest BCUT2D eigenvalue weighted by Crippen LogP contribution is -2.32. The van der Waals surface area contributed by atoms with Crippen molar-refractivity contribution >= 4 is 15.9 Å². The zero-order chi connectivity index (χ0) is 8.44. The van der Waals surface area contributed by atoms with Gasteiger partial charge in [-0.05, 0) is 19.3 Å². The Bertz CT molecular complexity index is 155. The Morgan fingerprint density at radius 3 is 2.92 bits per heavy atom. The largest absolute Gasteiger partial charge is 0.381 e. The Kier molecular flexibility index (Phi) is 2.72. The molecule has 0 amide bonds. The van der Waals surface area contributed by atoms with Gasteiger partial charge < -0.3 is 9.47 Å². The van der Waals surface area contributed by atoms with Crippen LogP contribution in [0.5, 0.6) is 0 Å². The second-order valence-corrected chi connectivity index (χ2v) is 4.60. The minimum absolute atomic E-state index is 0.372. The smallest absolute Gasteiger partial charge is 0.0679 e. The molecule has 2 aliphatic heterocycles. The summed E-state index contributed by atoms with van der Waals surface area (Å²) < 4.78 is 11.2. The topological polar surface area (TPSA) is 18.5 Å². The fourth-order valence-electron chi connectivity index (χ4n) is 2.18. The molecule has 2 nitrogen and oxygen atoms in total. The molecule has 2 saturated heterocycles. The monoisotopic (exact) mass is 234 g/mol. The first-order chi connectivity index (χ1) is 5.85. The summed E-state index contributed by atoms with van der Waals surface area (Å²) in [5.41, 5.74) is 0.372. The van der Waals surface area contributed by atoms with Crippen LogP contribution in [0.2, 0.25) is 0 Å². The van der Waals surface area contributed by atoms with Gasteiger partial charge >= 0.3 is 0 Å². The SMILES string of the molecule is BrC[C@H]1C[C@@]2(CCCOC2)CO1. The van der Waals surface area contributed by atoms with Crippen molar-refractivity contribution in [2.75, 3.05) is 25.2 Å². The summed E-state index contributed by atoms with van der Waals surface area (Å²) in [6.45, 7) is 2.76. The lowest BCUT2D eigenvalue weighted by atomic mass is 9.81. The van der Waals surface area contributed by atoms with E-state index in [2.05, 4.69) is 15.9 Å². The van der Waals surface area contributed by atoms with E-state index in [0.717, 1.165) is 25.2 Å². The van der Waals surface area contributed by atoms with Crippen LogP contribution in [-0.2, 0) is 9.47 Å². The molecule has 0 aliphatic carbocycles. The van der Waals surface area contributed by atoms with Crippen molar-refractivity contribution in [3.8, 4) is 0 Å². The minimum atomic E-state index is 0.372. The van der Waals surface area contributed by atoms with E-state index in [1.54, 1.807) is 0 Å². The molecule has 0 N–H and O–H groups in total. The van der Waals surface area contributed by atoms with Gasteiger partial charge in [-0.3, -0.25) is 0 Å². The summed E-state index contributed by atoms with van der Waals surface area (Å²) in [6.07, 6.45) is 4.10. The van der Waals surface area contributed by atoms with Crippen molar-refractivity contribution in [1.82, 2.24) is 0 Å². The maximum atomic E-state index is 5.67. The van der Waals surface area contributed by atoms with Gasteiger partial charge in [-0.2, -0.15) is 0 Å². The molecule has 2 heterocycles. The molecule has 70 valence electrons. The highest BCUT2D eigenvalue weighted by Gasteiger charge is 2.41. The molecule has 2 rings (SSSR count). The standard InChI is InChI=1S/C9H15BrO2/c10-5-8-4-9(7-12-8)2-1-3-11-6-9/h8H,1-7H2/t8-,9-/m1/s1. The normalized spacial score (nSPS) is 42.2. The average molecular weight is 235 g/mol. The molecule has 3 heteroatoms. The molecular formula is C9H15BrO2. The van der Waals surface area contributed by atoms with E-state index in [1.807, 2.05) is 0 Å². The summed E-state index contributed by atoms with van der Waals surface area (Å²) in [4.78, 5) is 0. The van der Waals surface area contributed by atoms with E-state index >= 15 is 0 Å². The van der Waals surface area contributed by atoms with Crippen molar-refractivity contribution in [1.29, 1.82) is 0 Å². The van der Waals surface area contributed by atoms with Crippen molar-refractivity contribution < 1.29 is 9.47 Å². The fourth-order valence-corrected chi connectivity index (χ4v) is 2.60. The molecule has 0 aromatic heterocycles. The highest BCUT2D eigenvalue weighted by atomic mass is 79.9. The van der Waals surface area contributed by atoms with E-state index in [9.17, 15) is 0 Å². The third-order valence-corrected chi connectivity index (χ3v) is 3.58.